The van der Waals surface area contributed by atoms with Gasteiger partial charge in [-0.15, -0.1) is 0 Å². The van der Waals surface area contributed by atoms with Gasteiger partial charge in [0.25, 0.3) is 10.0 Å². The van der Waals surface area contributed by atoms with Crippen molar-refractivity contribution in [2.45, 2.75) is 63.9 Å². The van der Waals surface area contributed by atoms with E-state index in [0.717, 1.165) is 24.0 Å². The topological polar surface area (TPSA) is 96.0 Å². The van der Waals surface area contributed by atoms with Crippen molar-refractivity contribution in [1.29, 1.82) is 0 Å². The summed E-state index contributed by atoms with van der Waals surface area (Å²) in [4.78, 5) is 29.1. The van der Waals surface area contributed by atoms with Crippen molar-refractivity contribution >= 4 is 27.5 Å². The van der Waals surface area contributed by atoms with Crippen molar-refractivity contribution < 1.29 is 22.7 Å². The zero-order chi connectivity index (χ0) is 29.8. The molecule has 0 saturated heterocycles. The van der Waals surface area contributed by atoms with Gasteiger partial charge in [0.05, 0.1) is 17.7 Å². The van der Waals surface area contributed by atoms with Crippen molar-refractivity contribution in [3.63, 3.8) is 0 Å². The van der Waals surface area contributed by atoms with Crippen LogP contribution in [0, 0.1) is 0 Å². The Balaban J connectivity index is 2.07. The number of benzene rings is 3. The first-order valence-electron chi connectivity index (χ1n) is 14.1. The third-order valence-corrected chi connectivity index (χ3v) is 8.73. The van der Waals surface area contributed by atoms with Gasteiger partial charge in [-0.05, 0) is 60.7 Å². The van der Waals surface area contributed by atoms with E-state index in [-0.39, 0.29) is 17.3 Å². The Morgan fingerprint density at radius 3 is 2.29 bits per heavy atom. The first kappa shape index (κ1) is 31.7. The number of methoxy groups -OCH3 is 1. The standard InChI is InChI=1S/C32H41N3O5S/c1-5-8-21-33-32(37)29(7-3)34(23-25-15-14-17-27(22-25)40-4)31(36)24-35(30-20-13-12-16-26(30)6-2)41(38,39)28-18-10-9-11-19-28/h9-20,22,29H,5-8,21,23-24H2,1-4H3,(H,33,37). The summed E-state index contributed by atoms with van der Waals surface area (Å²) in [6.07, 6.45) is 2.69. The summed E-state index contributed by atoms with van der Waals surface area (Å²) in [6.45, 7) is 5.99. The zero-order valence-electron chi connectivity index (χ0n) is 24.4. The summed E-state index contributed by atoms with van der Waals surface area (Å²) in [5.41, 5.74) is 2.00. The van der Waals surface area contributed by atoms with E-state index in [1.807, 2.05) is 51.1 Å². The molecule has 0 aliphatic heterocycles. The van der Waals surface area contributed by atoms with E-state index in [1.165, 1.54) is 21.3 Å². The van der Waals surface area contributed by atoms with Gasteiger partial charge < -0.3 is 15.0 Å². The molecule has 0 fully saturated rings. The van der Waals surface area contributed by atoms with Crippen molar-refractivity contribution in [1.82, 2.24) is 10.2 Å². The maximum atomic E-state index is 14.2. The number of sulfonamides is 1. The molecule has 0 aliphatic rings. The first-order chi connectivity index (χ1) is 19.8. The Morgan fingerprint density at radius 2 is 1.63 bits per heavy atom. The molecule has 3 rings (SSSR count). The molecule has 1 atom stereocenters. The molecule has 0 heterocycles. The van der Waals surface area contributed by atoms with E-state index >= 15 is 0 Å². The molecular formula is C32H41N3O5S. The number of hydrogen-bond acceptors (Lipinski definition) is 5. The summed E-state index contributed by atoms with van der Waals surface area (Å²) < 4.78 is 34.6. The van der Waals surface area contributed by atoms with Crippen LogP contribution in [0.2, 0.25) is 0 Å². The van der Waals surface area contributed by atoms with Gasteiger partial charge >= 0.3 is 0 Å². The average molecular weight is 580 g/mol. The van der Waals surface area contributed by atoms with Crippen LogP contribution in [0.3, 0.4) is 0 Å². The van der Waals surface area contributed by atoms with Gasteiger partial charge in [0.2, 0.25) is 11.8 Å². The third kappa shape index (κ3) is 8.10. The molecule has 0 saturated carbocycles. The average Bonchev–Trinajstić information content (AvgIpc) is 3.00. The highest BCUT2D eigenvalue weighted by Crippen LogP contribution is 2.28. The zero-order valence-corrected chi connectivity index (χ0v) is 25.2. The van der Waals surface area contributed by atoms with Gasteiger partial charge in [-0.2, -0.15) is 0 Å². The van der Waals surface area contributed by atoms with E-state index < -0.39 is 28.5 Å². The SMILES string of the molecule is CCCCNC(=O)C(CC)N(Cc1cccc(OC)c1)C(=O)CN(c1ccccc1CC)S(=O)(=O)c1ccccc1. The number of hydrogen-bond donors (Lipinski definition) is 1. The second kappa shape index (κ2) is 15.2. The van der Waals surface area contributed by atoms with E-state index in [9.17, 15) is 18.0 Å². The molecule has 1 unspecified atom stereocenters. The fraction of sp³-hybridized carbons (Fsp3) is 0.375. The quantitative estimate of drug-likeness (QED) is 0.251. The Bertz CT molecular complexity index is 1400. The van der Waals surface area contributed by atoms with Crippen LogP contribution in [0.5, 0.6) is 5.75 Å². The highest BCUT2D eigenvalue weighted by Gasteiger charge is 2.34. The van der Waals surface area contributed by atoms with Crippen LogP contribution in [0.4, 0.5) is 5.69 Å². The lowest BCUT2D eigenvalue weighted by atomic mass is 10.1. The maximum absolute atomic E-state index is 14.2. The number of carbonyl (C=O) groups is 2. The second-order valence-corrected chi connectivity index (χ2v) is 11.6. The molecule has 0 spiro atoms. The number of nitrogens with zero attached hydrogens (tertiary/aromatic N) is 2. The van der Waals surface area contributed by atoms with E-state index in [1.54, 1.807) is 43.5 Å². The summed E-state index contributed by atoms with van der Waals surface area (Å²) in [7, 11) is -2.54. The summed E-state index contributed by atoms with van der Waals surface area (Å²) in [5, 5.41) is 2.95. The van der Waals surface area contributed by atoms with Crippen LogP contribution >= 0.6 is 0 Å². The molecule has 220 valence electrons. The molecule has 3 aromatic carbocycles. The van der Waals surface area contributed by atoms with Crippen LogP contribution in [-0.2, 0) is 32.6 Å². The van der Waals surface area contributed by atoms with Crippen molar-refractivity contribution in [2.75, 3.05) is 24.5 Å². The molecule has 41 heavy (non-hydrogen) atoms. The number of aryl methyl sites for hydroxylation is 1. The minimum atomic E-state index is -4.10. The fourth-order valence-corrected chi connectivity index (χ4v) is 6.15. The van der Waals surface area contributed by atoms with Crippen LogP contribution in [-0.4, -0.2) is 51.4 Å². The van der Waals surface area contributed by atoms with Gasteiger partial charge in [-0.3, -0.25) is 13.9 Å². The number of ether oxygens (including phenoxy) is 1. The number of nitrogens with one attached hydrogen (secondary N) is 1. The largest absolute Gasteiger partial charge is 0.497 e. The molecule has 0 radical (unpaired) electrons. The Morgan fingerprint density at radius 1 is 0.927 bits per heavy atom. The van der Waals surface area contributed by atoms with Crippen molar-refractivity contribution in [3.8, 4) is 5.75 Å². The number of anilines is 1. The fourth-order valence-electron chi connectivity index (χ4n) is 4.68. The summed E-state index contributed by atoms with van der Waals surface area (Å²) >= 11 is 0. The molecular weight excluding hydrogens is 538 g/mol. The summed E-state index contributed by atoms with van der Waals surface area (Å²) in [5.74, 6) is -0.111. The smallest absolute Gasteiger partial charge is 0.264 e. The maximum Gasteiger partial charge on any atom is 0.264 e. The highest BCUT2D eigenvalue weighted by atomic mass is 32.2. The molecule has 9 heteroatoms. The predicted molar refractivity (Wildman–Crippen MR) is 162 cm³/mol. The number of carbonyl (C=O) groups excluding carboxylic acids is 2. The lowest BCUT2D eigenvalue weighted by molar-refractivity contribution is -0.140. The highest BCUT2D eigenvalue weighted by molar-refractivity contribution is 7.92. The predicted octanol–water partition coefficient (Wildman–Crippen LogP) is 5.18. The van der Waals surface area contributed by atoms with Crippen LogP contribution < -0.4 is 14.4 Å². The van der Waals surface area contributed by atoms with E-state index in [2.05, 4.69) is 5.32 Å². The van der Waals surface area contributed by atoms with Crippen LogP contribution in [0.1, 0.15) is 51.2 Å². The molecule has 2 amide bonds. The molecule has 1 N–H and O–H groups in total. The van der Waals surface area contributed by atoms with Crippen molar-refractivity contribution in [3.05, 3.63) is 90.0 Å². The first-order valence-corrected chi connectivity index (χ1v) is 15.6. The lowest BCUT2D eigenvalue weighted by Gasteiger charge is -2.33. The van der Waals surface area contributed by atoms with Gasteiger partial charge in [0.15, 0.2) is 0 Å². The second-order valence-electron chi connectivity index (χ2n) is 9.75. The number of rotatable bonds is 15. The summed E-state index contributed by atoms with van der Waals surface area (Å²) in [6, 6.07) is 21.8. The minimum absolute atomic E-state index is 0.0856. The Kier molecular flexibility index (Phi) is 11.8. The third-order valence-electron chi connectivity index (χ3n) is 6.95. The molecule has 0 bridgehead atoms. The number of unbranched alkanes of at least 4 members (excludes halogenated alkanes) is 1. The Hall–Kier alpha value is -3.85. The van der Waals surface area contributed by atoms with Crippen molar-refractivity contribution in [2.24, 2.45) is 0 Å². The van der Waals surface area contributed by atoms with E-state index in [4.69, 9.17) is 4.74 Å². The van der Waals surface area contributed by atoms with Gasteiger partial charge in [0.1, 0.15) is 18.3 Å². The molecule has 3 aromatic rings. The molecule has 8 nitrogen and oxygen atoms in total. The Labute approximate surface area is 244 Å². The normalized spacial score (nSPS) is 11.9. The van der Waals surface area contributed by atoms with E-state index in [0.29, 0.717) is 30.8 Å². The molecule has 0 aromatic heterocycles. The van der Waals surface area contributed by atoms with Crippen LogP contribution in [0.25, 0.3) is 0 Å². The number of para-hydroxylation sites is 1. The van der Waals surface area contributed by atoms with Crippen LogP contribution in [0.15, 0.2) is 83.8 Å². The van der Waals surface area contributed by atoms with Gasteiger partial charge in [-0.1, -0.05) is 75.7 Å². The molecule has 0 aliphatic carbocycles. The van der Waals surface area contributed by atoms with Gasteiger partial charge in [-0.25, -0.2) is 8.42 Å². The lowest BCUT2D eigenvalue weighted by Crippen LogP contribution is -2.52. The number of amides is 2. The van der Waals surface area contributed by atoms with Gasteiger partial charge in [0, 0.05) is 13.1 Å². The monoisotopic (exact) mass is 579 g/mol. The minimum Gasteiger partial charge on any atom is -0.497 e.